The molecule has 6 N–H and O–H groups in total. The van der Waals surface area contributed by atoms with Crippen LogP contribution >= 0.6 is 0 Å². The lowest BCUT2D eigenvalue weighted by atomic mass is 10.2. The first kappa shape index (κ1) is 13.1. The van der Waals surface area contributed by atoms with Gasteiger partial charge < -0.3 is 11.5 Å². The topological polar surface area (TPSA) is 139 Å². The fourth-order valence-electron chi connectivity index (χ4n) is 0.919. The van der Waals surface area contributed by atoms with Gasteiger partial charge >= 0.3 is 10.4 Å². The number of nitrogens with zero attached hydrogens (tertiary/aromatic N) is 1. The Kier molecular flexibility index (Phi) is 4.81. The Balaban J connectivity index is 0.000000292. The van der Waals surface area contributed by atoms with Crippen LogP contribution in [0.2, 0.25) is 0 Å². The van der Waals surface area contributed by atoms with Crippen molar-refractivity contribution in [2.45, 2.75) is 25.8 Å². The molecule has 7 nitrogen and oxygen atoms in total. The van der Waals surface area contributed by atoms with E-state index < -0.39 is 10.4 Å². The molecule has 0 aromatic carbocycles. The minimum atomic E-state index is -4.67. The number of hydrogen-bond acceptors (Lipinski definition) is 3. The van der Waals surface area contributed by atoms with E-state index in [9.17, 15) is 0 Å². The van der Waals surface area contributed by atoms with Gasteiger partial charge in [-0.3, -0.25) is 14.1 Å². The third-order valence-corrected chi connectivity index (χ3v) is 1.66. The maximum Gasteiger partial charge on any atom is 0.394 e. The highest BCUT2D eigenvalue weighted by molar-refractivity contribution is 7.79. The van der Waals surface area contributed by atoms with E-state index in [0.29, 0.717) is 6.04 Å². The van der Waals surface area contributed by atoms with E-state index in [4.69, 9.17) is 29.0 Å². The van der Waals surface area contributed by atoms with E-state index in [-0.39, 0.29) is 5.96 Å². The molecule has 0 spiro atoms. The van der Waals surface area contributed by atoms with Gasteiger partial charge in [0.1, 0.15) is 0 Å². The molecule has 0 aromatic rings. The lowest BCUT2D eigenvalue weighted by molar-refractivity contribution is 0.381. The van der Waals surface area contributed by atoms with Gasteiger partial charge in [0, 0.05) is 0 Å². The van der Waals surface area contributed by atoms with E-state index in [1.165, 1.54) is 12.8 Å². The molecule has 0 aromatic heterocycles. The molecule has 0 amide bonds. The van der Waals surface area contributed by atoms with E-state index in [2.05, 4.69) is 11.9 Å². The highest BCUT2D eigenvalue weighted by Crippen LogP contribution is 2.33. The molecule has 8 heteroatoms. The number of nitrogens with two attached hydrogens (primary N) is 2. The van der Waals surface area contributed by atoms with Gasteiger partial charge in [0.15, 0.2) is 5.96 Å². The molecular formula is C6H15N3O4S. The maximum absolute atomic E-state index is 8.74. The lowest BCUT2D eigenvalue weighted by Crippen LogP contribution is -2.25. The third-order valence-electron chi connectivity index (χ3n) is 1.66. The summed E-state index contributed by atoms with van der Waals surface area (Å²) >= 11 is 0. The first-order valence-electron chi connectivity index (χ1n) is 3.98. The van der Waals surface area contributed by atoms with Gasteiger partial charge in [-0.25, -0.2) is 0 Å². The van der Waals surface area contributed by atoms with E-state index in [1.807, 2.05) is 0 Å². The molecule has 1 saturated carbocycles. The number of aliphatic imine (C=N–C) groups is 1. The molecule has 0 saturated heterocycles. The molecule has 0 aliphatic heterocycles. The van der Waals surface area contributed by atoms with Gasteiger partial charge in [-0.1, -0.05) is 0 Å². The van der Waals surface area contributed by atoms with Crippen molar-refractivity contribution in [1.29, 1.82) is 0 Å². The first-order valence-corrected chi connectivity index (χ1v) is 5.38. The second-order valence-corrected chi connectivity index (χ2v) is 3.98. The molecule has 1 atom stereocenters. The predicted octanol–water partition coefficient (Wildman–Crippen LogP) is -0.594. The molecule has 1 aliphatic carbocycles. The Morgan fingerprint density at radius 3 is 2.00 bits per heavy atom. The normalized spacial score (nSPS) is 17.6. The van der Waals surface area contributed by atoms with Crippen molar-refractivity contribution < 1.29 is 17.5 Å². The molecule has 1 rings (SSSR count). The summed E-state index contributed by atoms with van der Waals surface area (Å²) < 4.78 is 31.6. The average Bonchev–Trinajstić information content (AvgIpc) is 2.59. The zero-order valence-corrected chi connectivity index (χ0v) is 8.61. The summed E-state index contributed by atoms with van der Waals surface area (Å²) in [5, 5.41) is 0. The van der Waals surface area contributed by atoms with Crippen LogP contribution in [-0.4, -0.2) is 29.5 Å². The molecule has 1 unspecified atom stereocenters. The highest BCUT2D eigenvalue weighted by Gasteiger charge is 2.27. The van der Waals surface area contributed by atoms with Crippen LogP contribution in [0.1, 0.15) is 19.8 Å². The highest BCUT2D eigenvalue weighted by atomic mass is 32.3. The third kappa shape index (κ3) is 11.1. The zero-order valence-electron chi connectivity index (χ0n) is 7.79. The van der Waals surface area contributed by atoms with Crippen LogP contribution in [0.3, 0.4) is 0 Å². The molecular weight excluding hydrogens is 210 g/mol. The molecule has 84 valence electrons. The van der Waals surface area contributed by atoms with Crippen LogP contribution in [0.5, 0.6) is 0 Å². The standard InChI is InChI=1S/C6H13N3.H2O4S/c1-4(5-2-3-5)9-6(7)8;1-5(2,3)4/h4-5H,2-3H2,1H3,(H4,7,8,9);(H2,1,2,3,4). The summed E-state index contributed by atoms with van der Waals surface area (Å²) in [7, 11) is -4.67. The Morgan fingerprint density at radius 2 is 1.79 bits per heavy atom. The quantitative estimate of drug-likeness (QED) is 0.281. The fraction of sp³-hybridized carbons (Fsp3) is 0.833. The first-order chi connectivity index (χ1) is 6.20. The Labute approximate surface area is 82.8 Å². The van der Waals surface area contributed by atoms with Crippen molar-refractivity contribution in [3.63, 3.8) is 0 Å². The summed E-state index contributed by atoms with van der Waals surface area (Å²) in [5.41, 5.74) is 10.4. The Hall–Kier alpha value is -0.860. The summed E-state index contributed by atoms with van der Waals surface area (Å²) in [4.78, 5) is 4.01. The van der Waals surface area contributed by atoms with Crippen molar-refractivity contribution in [3.05, 3.63) is 0 Å². The van der Waals surface area contributed by atoms with Crippen molar-refractivity contribution in [1.82, 2.24) is 0 Å². The molecule has 1 fully saturated rings. The zero-order chi connectivity index (χ0) is 11.4. The molecule has 1 aliphatic rings. The summed E-state index contributed by atoms with van der Waals surface area (Å²) in [6.45, 7) is 2.05. The summed E-state index contributed by atoms with van der Waals surface area (Å²) in [6.07, 6.45) is 2.58. The van der Waals surface area contributed by atoms with Crippen LogP contribution < -0.4 is 11.5 Å². The largest absolute Gasteiger partial charge is 0.394 e. The SMILES string of the molecule is CC(N=C(N)N)C1CC1.O=S(=O)(O)O. The van der Waals surface area contributed by atoms with Gasteiger partial charge in [0.2, 0.25) is 0 Å². The van der Waals surface area contributed by atoms with Crippen LogP contribution in [-0.2, 0) is 10.4 Å². The predicted molar refractivity (Wildman–Crippen MR) is 52.2 cm³/mol. The van der Waals surface area contributed by atoms with Crippen molar-refractivity contribution in [2.75, 3.05) is 0 Å². The Bertz CT molecular complexity index is 284. The lowest BCUT2D eigenvalue weighted by Gasteiger charge is -2.01. The monoisotopic (exact) mass is 225 g/mol. The van der Waals surface area contributed by atoms with Crippen molar-refractivity contribution in [2.24, 2.45) is 22.4 Å². The van der Waals surface area contributed by atoms with Gasteiger partial charge in [0.05, 0.1) is 6.04 Å². The van der Waals surface area contributed by atoms with E-state index in [1.54, 1.807) is 0 Å². The van der Waals surface area contributed by atoms with E-state index in [0.717, 1.165) is 5.92 Å². The summed E-state index contributed by atoms with van der Waals surface area (Å²) in [6, 6.07) is 0.343. The van der Waals surface area contributed by atoms with Gasteiger partial charge in [-0.15, -0.1) is 0 Å². The van der Waals surface area contributed by atoms with E-state index >= 15 is 0 Å². The van der Waals surface area contributed by atoms with Gasteiger partial charge in [0.25, 0.3) is 0 Å². The number of rotatable bonds is 2. The molecule has 14 heavy (non-hydrogen) atoms. The van der Waals surface area contributed by atoms with Gasteiger partial charge in [-0.05, 0) is 25.7 Å². The molecule has 0 bridgehead atoms. The fourth-order valence-corrected chi connectivity index (χ4v) is 0.919. The average molecular weight is 225 g/mol. The maximum atomic E-state index is 8.74. The minimum absolute atomic E-state index is 0.217. The van der Waals surface area contributed by atoms with Crippen LogP contribution in [0.15, 0.2) is 4.99 Å². The number of hydrogen-bond donors (Lipinski definition) is 4. The molecule has 0 heterocycles. The minimum Gasteiger partial charge on any atom is -0.370 e. The number of guanidine groups is 1. The van der Waals surface area contributed by atoms with Crippen molar-refractivity contribution in [3.8, 4) is 0 Å². The second kappa shape index (κ2) is 5.13. The smallest absolute Gasteiger partial charge is 0.370 e. The van der Waals surface area contributed by atoms with Crippen LogP contribution in [0.4, 0.5) is 0 Å². The van der Waals surface area contributed by atoms with Crippen LogP contribution in [0, 0.1) is 5.92 Å². The molecule has 0 radical (unpaired) electrons. The second-order valence-electron chi connectivity index (χ2n) is 3.08. The Morgan fingerprint density at radius 1 is 1.43 bits per heavy atom. The van der Waals surface area contributed by atoms with Gasteiger partial charge in [-0.2, -0.15) is 8.42 Å². The van der Waals surface area contributed by atoms with Crippen LogP contribution in [0.25, 0.3) is 0 Å². The van der Waals surface area contributed by atoms with Crippen molar-refractivity contribution >= 4 is 16.4 Å². The summed E-state index contributed by atoms with van der Waals surface area (Å²) in [5.74, 6) is 0.974.